The zero-order valence-electron chi connectivity index (χ0n) is 10.2. The summed E-state index contributed by atoms with van der Waals surface area (Å²) in [4.78, 5) is 4.54. The van der Waals surface area contributed by atoms with Crippen LogP contribution in [0.4, 0.5) is 5.82 Å². The van der Waals surface area contributed by atoms with Crippen molar-refractivity contribution in [2.24, 2.45) is 0 Å². The zero-order valence-corrected chi connectivity index (χ0v) is 12.5. The Morgan fingerprint density at radius 3 is 2.79 bits per heavy atom. The molecule has 0 amide bonds. The minimum Gasteiger partial charge on any atom is -0.383 e. The molecule has 2 N–H and O–H groups in total. The Bertz CT molecular complexity index is 780. The van der Waals surface area contributed by atoms with E-state index in [2.05, 4.69) is 27.0 Å². The number of hydrogen-bond donors (Lipinski definition) is 1. The second kappa shape index (κ2) is 4.54. The van der Waals surface area contributed by atoms with Crippen molar-refractivity contribution in [3.63, 3.8) is 0 Å². The number of nitrogens with zero attached hydrogens (tertiary/aromatic N) is 2. The minimum atomic E-state index is 0.592. The molecule has 0 aliphatic carbocycles. The number of imidazole rings is 1. The lowest BCUT2D eigenvalue weighted by molar-refractivity contribution is 1.20. The van der Waals surface area contributed by atoms with Crippen molar-refractivity contribution in [2.75, 3.05) is 5.73 Å². The first kappa shape index (κ1) is 12.5. The number of pyridine rings is 1. The first-order chi connectivity index (χ1) is 9.08. The van der Waals surface area contributed by atoms with E-state index in [1.165, 1.54) is 0 Å². The highest BCUT2D eigenvalue weighted by Gasteiger charge is 2.13. The van der Waals surface area contributed by atoms with Crippen LogP contribution in [0, 0.1) is 6.92 Å². The van der Waals surface area contributed by atoms with Gasteiger partial charge in [0, 0.05) is 16.2 Å². The fourth-order valence-corrected chi connectivity index (χ4v) is 2.51. The van der Waals surface area contributed by atoms with Gasteiger partial charge in [-0.15, -0.1) is 0 Å². The fraction of sp³-hybridized carbons (Fsp3) is 0.0714. The van der Waals surface area contributed by atoms with Crippen molar-refractivity contribution in [1.82, 2.24) is 9.38 Å². The van der Waals surface area contributed by atoms with Crippen molar-refractivity contribution in [3.8, 4) is 11.3 Å². The molecule has 0 atom stereocenters. The van der Waals surface area contributed by atoms with E-state index in [0.717, 1.165) is 21.3 Å². The van der Waals surface area contributed by atoms with Crippen LogP contribution >= 0.6 is 27.5 Å². The van der Waals surface area contributed by atoms with Crippen LogP contribution in [0.1, 0.15) is 5.56 Å². The second-order valence-corrected chi connectivity index (χ2v) is 5.62. The lowest BCUT2D eigenvalue weighted by atomic mass is 10.1. The fourth-order valence-electron chi connectivity index (χ4n) is 2.06. The van der Waals surface area contributed by atoms with Crippen LogP contribution < -0.4 is 5.73 Å². The van der Waals surface area contributed by atoms with E-state index in [-0.39, 0.29) is 0 Å². The molecular weight excluding hydrogens is 326 g/mol. The highest BCUT2D eigenvalue weighted by molar-refractivity contribution is 9.10. The van der Waals surface area contributed by atoms with E-state index < -0.39 is 0 Å². The highest BCUT2D eigenvalue weighted by atomic mass is 79.9. The van der Waals surface area contributed by atoms with Gasteiger partial charge in [-0.25, -0.2) is 4.98 Å². The van der Waals surface area contributed by atoms with Gasteiger partial charge in [0.15, 0.2) is 5.65 Å². The van der Waals surface area contributed by atoms with Gasteiger partial charge in [-0.2, -0.15) is 0 Å². The van der Waals surface area contributed by atoms with Gasteiger partial charge in [-0.05, 0) is 36.8 Å². The van der Waals surface area contributed by atoms with Gasteiger partial charge in [0.2, 0.25) is 0 Å². The predicted octanol–water partition coefficient (Wildman–Crippen LogP) is 4.31. The number of rotatable bonds is 1. The van der Waals surface area contributed by atoms with Crippen molar-refractivity contribution < 1.29 is 0 Å². The maximum atomic E-state index is 6.16. The third-order valence-electron chi connectivity index (χ3n) is 3.07. The van der Waals surface area contributed by atoms with Gasteiger partial charge < -0.3 is 5.73 Å². The van der Waals surface area contributed by atoms with Crippen LogP contribution in [0.2, 0.25) is 5.02 Å². The number of nitrogen functional groups attached to an aromatic ring is 1. The number of aryl methyl sites for hydroxylation is 1. The third kappa shape index (κ3) is 2.01. The Kier molecular flexibility index (Phi) is 2.99. The van der Waals surface area contributed by atoms with E-state index in [1.807, 2.05) is 31.3 Å². The first-order valence-electron chi connectivity index (χ1n) is 5.76. The Balaban J connectivity index is 2.28. The normalized spacial score (nSPS) is 11.1. The summed E-state index contributed by atoms with van der Waals surface area (Å²) >= 11 is 9.63. The Morgan fingerprint density at radius 1 is 1.32 bits per heavy atom. The molecule has 0 radical (unpaired) electrons. The Morgan fingerprint density at radius 2 is 2.11 bits per heavy atom. The number of anilines is 1. The predicted molar refractivity (Wildman–Crippen MR) is 82.5 cm³/mol. The molecule has 0 bridgehead atoms. The second-order valence-electron chi connectivity index (χ2n) is 4.36. The molecule has 0 aliphatic heterocycles. The van der Waals surface area contributed by atoms with Gasteiger partial charge in [0.05, 0.1) is 5.02 Å². The van der Waals surface area contributed by atoms with E-state index in [9.17, 15) is 0 Å². The molecule has 0 fully saturated rings. The number of halogens is 2. The molecule has 0 spiro atoms. The third-order valence-corrected chi connectivity index (χ3v) is 4.26. The van der Waals surface area contributed by atoms with Crippen molar-refractivity contribution in [3.05, 3.63) is 51.6 Å². The van der Waals surface area contributed by atoms with Crippen LogP contribution in [-0.2, 0) is 0 Å². The number of aromatic nitrogens is 2. The smallest absolute Gasteiger partial charge is 0.157 e. The molecule has 96 valence electrons. The van der Waals surface area contributed by atoms with Crippen LogP contribution in [0.3, 0.4) is 0 Å². The van der Waals surface area contributed by atoms with Gasteiger partial charge in [0.1, 0.15) is 11.5 Å². The summed E-state index contributed by atoms with van der Waals surface area (Å²) in [6.07, 6.45) is 1.86. The van der Waals surface area contributed by atoms with E-state index >= 15 is 0 Å². The SMILES string of the molecule is Cc1cc(-c2nc3c(Cl)cccn3c2N)ccc1Br. The molecule has 0 saturated carbocycles. The summed E-state index contributed by atoms with van der Waals surface area (Å²) in [5.41, 5.74) is 9.71. The topological polar surface area (TPSA) is 43.3 Å². The molecular formula is C14H11BrClN3. The zero-order chi connectivity index (χ0) is 13.6. The standard InChI is InChI=1S/C14H11BrClN3/c1-8-7-9(4-5-10(8)15)12-13(17)19-6-2-3-11(16)14(19)18-12/h2-7H,17H2,1H3. The average Bonchev–Trinajstić information content (AvgIpc) is 2.72. The largest absolute Gasteiger partial charge is 0.383 e. The number of benzene rings is 1. The molecule has 1 aromatic carbocycles. The first-order valence-corrected chi connectivity index (χ1v) is 6.93. The maximum Gasteiger partial charge on any atom is 0.157 e. The summed E-state index contributed by atoms with van der Waals surface area (Å²) < 4.78 is 2.87. The van der Waals surface area contributed by atoms with E-state index in [4.69, 9.17) is 17.3 Å². The summed E-state index contributed by atoms with van der Waals surface area (Å²) in [5, 5.41) is 0.592. The van der Waals surface area contributed by atoms with Gasteiger partial charge in [0.25, 0.3) is 0 Å². The summed E-state index contributed by atoms with van der Waals surface area (Å²) in [5.74, 6) is 0.597. The van der Waals surface area contributed by atoms with Crippen LogP contribution in [-0.4, -0.2) is 9.38 Å². The highest BCUT2D eigenvalue weighted by Crippen LogP contribution is 2.31. The van der Waals surface area contributed by atoms with Crippen molar-refractivity contribution >= 4 is 39.0 Å². The molecule has 0 saturated heterocycles. The molecule has 2 heterocycles. The van der Waals surface area contributed by atoms with E-state index in [0.29, 0.717) is 16.5 Å². The minimum absolute atomic E-state index is 0.592. The molecule has 3 aromatic rings. The summed E-state index contributed by atoms with van der Waals surface area (Å²) in [6.45, 7) is 2.03. The van der Waals surface area contributed by atoms with Crippen LogP contribution in [0.15, 0.2) is 41.0 Å². The average molecular weight is 337 g/mol. The molecule has 2 aromatic heterocycles. The van der Waals surface area contributed by atoms with Crippen LogP contribution in [0.25, 0.3) is 16.9 Å². The maximum absolute atomic E-state index is 6.16. The lowest BCUT2D eigenvalue weighted by Gasteiger charge is -2.02. The quantitative estimate of drug-likeness (QED) is 0.719. The monoisotopic (exact) mass is 335 g/mol. The molecule has 5 heteroatoms. The van der Waals surface area contributed by atoms with Crippen LogP contribution in [0.5, 0.6) is 0 Å². The van der Waals surface area contributed by atoms with Crippen molar-refractivity contribution in [2.45, 2.75) is 6.92 Å². The molecule has 19 heavy (non-hydrogen) atoms. The Hall–Kier alpha value is -1.52. The number of nitrogens with two attached hydrogens (primary N) is 1. The van der Waals surface area contributed by atoms with E-state index in [1.54, 1.807) is 10.5 Å². The van der Waals surface area contributed by atoms with Gasteiger partial charge in [-0.3, -0.25) is 4.40 Å². The number of fused-ring (bicyclic) bond motifs is 1. The molecule has 3 rings (SSSR count). The molecule has 3 nitrogen and oxygen atoms in total. The lowest BCUT2D eigenvalue weighted by Crippen LogP contribution is -1.94. The molecule has 0 unspecified atom stereocenters. The number of hydrogen-bond acceptors (Lipinski definition) is 2. The molecule has 0 aliphatic rings. The van der Waals surface area contributed by atoms with Gasteiger partial charge >= 0.3 is 0 Å². The van der Waals surface area contributed by atoms with Gasteiger partial charge in [-0.1, -0.05) is 33.6 Å². The Labute approximate surface area is 124 Å². The summed E-state index contributed by atoms with van der Waals surface area (Å²) in [7, 11) is 0. The summed E-state index contributed by atoms with van der Waals surface area (Å²) in [6, 6.07) is 9.69. The van der Waals surface area contributed by atoms with Crippen molar-refractivity contribution in [1.29, 1.82) is 0 Å².